The first-order valence-electron chi connectivity index (χ1n) is 5.23. The van der Waals surface area contributed by atoms with Crippen LogP contribution in [0, 0.1) is 0 Å². The van der Waals surface area contributed by atoms with Crippen molar-refractivity contribution in [1.82, 2.24) is 10.2 Å². The lowest BCUT2D eigenvalue weighted by Crippen LogP contribution is -2.47. The van der Waals surface area contributed by atoms with Crippen LogP contribution in [-0.2, 0) is 4.74 Å². The third-order valence-corrected chi connectivity index (χ3v) is 2.14. The van der Waals surface area contributed by atoms with Crippen molar-refractivity contribution in [2.75, 3.05) is 6.54 Å². The van der Waals surface area contributed by atoms with Crippen molar-refractivity contribution < 1.29 is 9.53 Å². The topological polar surface area (TPSA) is 41.6 Å². The normalized spacial score (nSPS) is 21.8. The summed E-state index contributed by atoms with van der Waals surface area (Å²) in [4.78, 5) is 13.6. The van der Waals surface area contributed by atoms with E-state index in [1.807, 2.05) is 40.8 Å². The summed E-state index contributed by atoms with van der Waals surface area (Å²) >= 11 is 0. The summed E-state index contributed by atoms with van der Waals surface area (Å²) in [5, 5.41) is 3.12. The summed E-state index contributed by atoms with van der Waals surface area (Å²) in [6.45, 7) is 10.3. The number of carbonyl (C=O) groups is 1. The van der Waals surface area contributed by atoms with Crippen LogP contribution in [0.2, 0.25) is 0 Å². The van der Waals surface area contributed by atoms with Gasteiger partial charge in [0.25, 0.3) is 0 Å². The van der Waals surface area contributed by atoms with Crippen molar-refractivity contribution in [3.8, 4) is 0 Å². The number of ether oxygens (including phenoxy) is 1. The van der Waals surface area contributed by atoms with E-state index in [1.54, 1.807) is 4.90 Å². The molecule has 0 aliphatic carbocycles. The van der Waals surface area contributed by atoms with Gasteiger partial charge in [-0.2, -0.15) is 0 Å². The minimum absolute atomic E-state index is 0.129. The van der Waals surface area contributed by atoms with E-state index in [2.05, 4.69) is 5.32 Å². The standard InChI is InChI=1S/C11H20N2O2/c1-8-6-12-7-9(2)13(8)10(14)15-11(3,4)5/h6,9,12H,7H2,1-5H3/t9-/m0/s1. The van der Waals surface area contributed by atoms with Gasteiger partial charge in [-0.25, -0.2) is 4.79 Å². The number of hydrogen-bond acceptors (Lipinski definition) is 3. The Kier molecular flexibility index (Phi) is 3.27. The van der Waals surface area contributed by atoms with Gasteiger partial charge < -0.3 is 10.1 Å². The number of carbonyl (C=O) groups excluding carboxylic acids is 1. The number of nitrogens with zero attached hydrogens (tertiary/aromatic N) is 1. The van der Waals surface area contributed by atoms with Crippen LogP contribution in [0.3, 0.4) is 0 Å². The van der Waals surface area contributed by atoms with Crippen molar-refractivity contribution in [2.45, 2.75) is 46.3 Å². The van der Waals surface area contributed by atoms with Gasteiger partial charge in [0.05, 0.1) is 6.04 Å². The Morgan fingerprint density at radius 3 is 2.67 bits per heavy atom. The first kappa shape index (κ1) is 11.9. The number of allylic oxidation sites excluding steroid dienone is 1. The molecule has 4 heteroatoms. The Balaban J connectivity index is 2.73. The fourth-order valence-electron chi connectivity index (χ4n) is 1.52. The molecule has 0 aromatic carbocycles. The predicted molar refractivity (Wildman–Crippen MR) is 59.3 cm³/mol. The highest BCUT2D eigenvalue weighted by molar-refractivity contribution is 5.71. The highest BCUT2D eigenvalue weighted by Gasteiger charge is 2.28. The monoisotopic (exact) mass is 212 g/mol. The summed E-state index contributed by atoms with van der Waals surface area (Å²) in [6.07, 6.45) is 1.56. The second kappa shape index (κ2) is 4.13. The molecule has 1 N–H and O–H groups in total. The van der Waals surface area contributed by atoms with E-state index in [0.717, 1.165) is 12.2 Å². The molecule has 86 valence electrons. The van der Waals surface area contributed by atoms with Crippen LogP contribution >= 0.6 is 0 Å². The highest BCUT2D eigenvalue weighted by atomic mass is 16.6. The summed E-state index contributed by atoms with van der Waals surface area (Å²) in [5.74, 6) is 0. The van der Waals surface area contributed by atoms with E-state index < -0.39 is 5.60 Å². The molecule has 0 spiro atoms. The van der Waals surface area contributed by atoms with Crippen molar-refractivity contribution >= 4 is 6.09 Å². The number of amides is 1. The van der Waals surface area contributed by atoms with Crippen LogP contribution in [0.25, 0.3) is 0 Å². The Hall–Kier alpha value is -1.19. The molecule has 4 nitrogen and oxygen atoms in total. The summed E-state index contributed by atoms with van der Waals surface area (Å²) in [7, 11) is 0. The van der Waals surface area contributed by atoms with E-state index in [1.165, 1.54) is 0 Å². The maximum atomic E-state index is 11.9. The molecule has 0 fully saturated rings. The maximum absolute atomic E-state index is 11.9. The van der Waals surface area contributed by atoms with E-state index in [0.29, 0.717) is 0 Å². The average Bonchev–Trinajstić information content (AvgIpc) is 1.99. The van der Waals surface area contributed by atoms with Gasteiger partial charge in [-0.1, -0.05) is 0 Å². The van der Waals surface area contributed by atoms with Crippen molar-refractivity contribution in [2.24, 2.45) is 0 Å². The van der Waals surface area contributed by atoms with Crippen LogP contribution in [0.5, 0.6) is 0 Å². The average molecular weight is 212 g/mol. The minimum atomic E-state index is -0.443. The molecule has 1 heterocycles. The van der Waals surface area contributed by atoms with Gasteiger partial charge in [0, 0.05) is 18.4 Å². The first-order valence-corrected chi connectivity index (χ1v) is 5.23. The lowest BCUT2D eigenvalue weighted by atomic mass is 10.2. The Morgan fingerprint density at radius 2 is 2.20 bits per heavy atom. The molecular weight excluding hydrogens is 192 g/mol. The van der Waals surface area contributed by atoms with Crippen LogP contribution in [0.1, 0.15) is 34.6 Å². The lowest BCUT2D eigenvalue weighted by molar-refractivity contribution is 0.0243. The molecule has 1 aliphatic heterocycles. The molecule has 1 amide bonds. The van der Waals surface area contributed by atoms with Crippen molar-refractivity contribution in [1.29, 1.82) is 0 Å². The van der Waals surface area contributed by atoms with Gasteiger partial charge in [-0.05, 0) is 34.6 Å². The molecule has 0 aromatic heterocycles. The largest absolute Gasteiger partial charge is 0.443 e. The van der Waals surface area contributed by atoms with Gasteiger partial charge in [0.2, 0.25) is 0 Å². The third-order valence-electron chi connectivity index (χ3n) is 2.14. The zero-order valence-corrected chi connectivity index (χ0v) is 10.1. The Morgan fingerprint density at radius 1 is 1.60 bits per heavy atom. The fourth-order valence-corrected chi connectivity index (χ4v) is 1.52. The van der Waals surface area contributed by atoms with Crippen molar-refractivity contribution in [3.63, 3.8) is 0 Å². The third kappa shape index (κ3) is 3.15. The quantitative estimate of drug-likeness (QED) is 0.668. The smallest absolute Gasteiger partial charge is 0.414 e. The predicted octanol–water partition coefficient (Wildman–Crippen LogP) is 2.08. The molecule has 1 rings (SSSR count). The molecule has 1 aliphatic rings. The molecular formula is C11H20N2O2. The Bertz CT molecular complexity index is 279. The zero-order chi connectivity index (χ0) is 11.6. The number of rotatable bonds is 0. The van der Waals surface area contributed by atoms with Gasteiger partial charge >= 0.3 is 6.09 Å². The first-order chi connectivity index (χ1) is 6.81. The van der Waals surface area contributed by atoms with E-state index >= 15 is 0 Å². The van der Waals surface area contributed by atoms with Gasteiger partial charge in [-0.15, -0.1) is 0 Å². The van der Waals surface area contributed by atoms with E-state index in [-0.39, 0.29) is 12.1 Å². The summed E-state index contributed by atoms with van der Waals surface area (Å²) < 4.78 is 5.34. The molecule has 0 saturated heterocycles. The van der Waals surface area contributed by atoms with Gasteiger partial charge in [0.15, 0.2) is 0 Å². The number of hydrogen-bond donors (Lipinski definition) is 1. The summed E-state index contributed by atoms with van der Waals surface area (Å²) in [6, 6.07) is 0.129. The summed E-state index contributed by atoms with van der Waals surface area (Å²) in [5.41, 5.74) is 0.449. The molecule has 0 unspecified atom stereocenters. The fraction of sp³-hybridized carbons (Fsp3) is 0.727. The van der Waals surface area contributed by atoms with Gasteiger partial charge in [0.1, 0.15) is 5.60 Å². The van der Waals surface area contributed by atoms with Crippen LogP contribution in [0.4, 0.5) is 4.79 Å². The van der Waals surface area contributed by atoms with Crippen LogP contribution in [0.15, 0.2) is 11.9 Å². The molecule has 1 atom stereocenters. The molecule has 15 heavy (non-hydrogen) atoms. The van der Waals surface area contributed by atoms with Crippen LogP contribution < -0.4 is 5.32 Å². The van der Waals surface area contributed by atoms with E-state index in [9.17, 15) is 4.79 Å². The molecule has 0 bridgehead atoms. The van der Waals surface area contributed by atoms with Crippen LogP contribution in [-0.4, -0.2) is 29.2 Å². The maximum Gasteiger partial charge on any atom is 0.414 e. The Labute approximate surface area is 91.3 Å². The lowest BCUT2D eigenvalue weighted by Gasteiger charge is -2.34. The highest BCUT2D eigenvalue weighted by Crippen LogP contribution is 2.17. The second-order valence-corrected chi connectivity index (χ2v) is 4.89. The molecule has 0 saturated carbocycles. The second-order valence-electron chi connectivity index (χ2n) is 4.89. The minimum Gasteiger partial charge on any atom is -0.443 e. The van der Waals surface area contributed by atoms with Gasteiger partial charge in [-0.3, -0.25) is 4.90 Å². The SMILES string of the molecule is CC1=CNC[C@H](C)N1C(=O)OC(C)(C)C. The van der Waals surface area contributed by atoms with E-state index in [4.69, 9.17) is 4.74 Å². The molecule has 0 aromatic rings. The zero-order valence-electron chi connectivity index (χ0n) is 10.1. The van der Waals surface area contributed by atoms with Crippen molar-refractivity contribution in [3.05, 3.63) is 11.9 Å². The molecule has 0 radical (unpaired) electrons. The number of nitrogens with one attached hydrogen (secondary N) is 1.